The van der Waals surface area contributed by atoms with Gasteiger partial charge in [-0.3, -0.25) is 14.3 Å². The van der Waals surface area contributed by atoms with Gasteiger partial charge in [-0.1, -0.05) is 39.7 Å². The fraction of sp³-hybridized carbons (Fsp3) is 0.286. The lowest BCUT2D eigenvalue weighted by Crippen LogP contribution is -2.37. The minimum atomic E-state index is -0.537. The van der Waals surface area contributed by atoms with Gasteiger partial charge < -0.3 is 4.74 Å². The highest BCUT2D eigenvalue weighted by Crippen LogP contribution is 2.23. The Morgan fingerprint density at radius 2 is 1.95 bits per heavy atom. The maximum atomic E-state index is 12.5. The molecule has 0 aliphatic rings. The molecule has 2 aromatic rings. The number of nitrogens with zero attached hydrogens (tertiary/aromatic N) is 1. The Kier molecular flexibility index (Phi) is 5.39. The van der Waals surface area contributed by atoms with E-state index in [0.29, 0.717) is 18.8 Å². The van der Waals surface area contributed by atoms with Gasteiger partial charge in [-0.25, -0.2) is 4.79 Å². The van der Waals surface area contributed by atoms with Crippen LogP contribution in [0.1, 0.15) is 6.92 Å². The Hall–Kier alpha value is -1.37. The van der Waals surface area contributed by atoms with Crippen LogP contribution in [-0.4, -0.2) is 22.8 Å². The number of nitrogens with one attached hydrogen (secondary N) is 1. The number of ether oxygens (including phenoxy) is 1. The van der Waals surface area contributed by atoms with Crippen LogP contribution in [0.15, 0.2) is 38.3 Å². The number of halogens is 2. The topological polar surface area (TPSA) is 64.1 Å². The largest absolute Gasteiger partial charge is 0.380 e. The third-order valence-electron chi connectivity index (χ3n) is 2.94. The third kappa shape index (κ3) is 3.64. The molecule has 0 unspecified atom stereocenters. The van der Waals surface area contributed by atoms with Gasteiger partial charge >= 0.3 is 5.69 Å². The number of aromatic nitrogens is 2. The number of aromatic amines is 1. The van der Waals surface area contributed by atoms with Crippen LogP contribution in [-0.2, 0) is 11.3 Å². The van der Waals surface area contributed by atoms with Gasteiger partial charge in [0.05, 0.1) is 18.7 Å². The molecule has 0 aliphatic carbocycles. The Bertz CT molecular complexity index is 737. The summed E-state index contributed by atoms with van der Waals surface area (Å²) in [6, 6.07) is 7.14. The van der Waals surface area contributed by atoms with Crippen molar-refractivity contribution in [2.75, 3.05) is 13.2 Å². The van der Waals surface area contributed by atoms with E-state index in [2.05, 4.69) is 20.9 Å². The Balaban J connectivity index is 2.51. The van der Waals surface area contributed by atoms with Gasteiger partial charge in [-0.15, -0.1) is 0 Å². The van der Waals surface area contributed by atoms with Crippen molar-refractivity contribution in [1.82, 2.24) is 9.55 Å². The predicted octanol–water partition coefficient (Wildman–Crippen LogP) is 2.66. The summed E-state index contributed by atoms with van der Waals surface area (Å²) in [5.74, 6) is 0. The van der Waals surface area contributed by atoms with Crippen molar-refractivity contribution in [3.05, 3.63) is 54.7 Å². The lowest BCUT2D eigenvalue weighted by atomic mass is 10.1. The summed E-state index contributed by atoms with van der Waals surface area (Å²) in [7, 11) is 0. The normalized spacial score (nSPS) is 10.8. The molecule has 5 nitrogen and oxygen atoms in total. The van der Waals surface area contributed by atoms with Crippen LogP contribution in [0.5, 0.6) is 0 Å². The third-order valence-corrected chi connectivity index (χ3v) is 3.75. The van der Waals surface area contributed by atoms with Crippen LogP contribution in [0, 0.1) is 0 Å². The van der Waals surface area contributed by atoms with Crippen LogP contribution in [0.25, 0.3) is 11.1 Å². The zero-order valence-corrected chi connectivity index (χ0v) is 13.7. The second-order valence-electron chi connectivity index (χ2n) is 4.28. The molecule has 21 heavy (non-hydrogen) atoms. The van der Waals surface area contributed by atoms with Crippen molar-refractivity contribution >= 4 is 27.5 Å². The monoisotopic (exact) mass is 372 g/mol. The molecule has 0 saturated heterocycles. The lowest BCUT2D eigenvalue weighted by molar-refractivity contribution is 0.137. The van der Waals surface area contributed by atoms with Crippen molar-refractivity contribution in [1.29, 1.82) is 0 Å². The lowest BCUT2D eigenvalue weighted by Gasteiger charge is -2.09. The molecule has 0 saturated carbocycles. The minimum Gasteiger partial charge on any atom is -0.380 e. The minimum absolute atomic E-state index is 0.0417. The molecule has 1 heterocycles. The molecule has 1 aromatic heterocycles. The van der Waals surface area contributed by atoms with E-state index in [4.69, 9.17) is 16.3 Å². The van der Waals surface area contributed by atoms with E-state index in [0.717, 1.165) is 9.04 Å². The van der Waals surface area contributed by atoms with Crippen LogP contribution < -0.4 is 11.2 Å². The zero-order valence-electron chi connectivity index (χ0n) is 11.4. The van der Waals surface area contributed by atoms with E-state index >= 15 is 0 Å². The maximum absolute atomic E-state index is 12.5. The molecule has 7 heteroatoms. The van der Waals surface area contributed by atoms with Crippen molar-refractivity contribution in [2.24, 2.45) is 0 Å². The maximum Gasteiger partial charge on any atom is 0.329 e. The van der Waals surface area contributed by atoms with Gasteiger partial charge in [0.25, 0.3) is 5.56 Å². The van der Waals surface area contributed by atoms with Gasteiger partial charge in [0, 0.05) is 11.1 Å². The predicted molar refractivity (Wildman–Crippen MR) is 86.0 cm³/mol. The van der Waals surface area contributed by atoms with Crippen molar-refractivity contribution in [2.45, 2.75) is 13.5 Å². The summed E-state index contributed by atoms with van der Waals surface area (Å²) in [6.45, 7) is 2.85. The average Bonchev–Trinajstić information content (AvgIpc) is 2.44. The molecule has 0 bridgehead atoms. The molecule has 0 radical (unpaired) electrons. The first kappa shape index (κ1) is 16.0. The summed E-state index contributed by atoms with van der Waals surface area (Å²) in [5.41, 5.74) is -0.0359. The van der Waals surface area contributed by atoms with Gasteiger partial charge in [-0.2, -0.15) is 0 Å². The quantitative estimate of drug-likeness (QED) is 0.647. The van der Waals surface area contributed by atoms with Gasteiger partial charge in [0.15, 0.2) is 0 Å². The molecular weight excluding hydrogens is 360 g/mol. The first-order valence-electron chi connectivity index (χ1n) is 6.41. The molecule has 112 valence electrons. The van der Waals surface area contributed by atoms with E-state index in [1.807, 2.05) is 6.92 Å². The molecule has 0 spiro atoms. The zero-order chi connectivity index (χ0) is 15.4. The highest BCUT2D eigenvalue weighted by atomic mass is 79.9. The summed E-state index contributed by atoms with van der Waals surface area (Å²) >= 11 is 9.36. The highest BCUT2D eigenvalue weighted by Gasteiger charge is 2.14. The Morgan fingerprint density at radius 3 is 2.57 bits per heavy atom. The second-order valence-corrected chi connectivity index (χ2v) is 5.57. The summed E-state index contributed by atoms with van der Waals surface area (Å²) in [5, 5.41) is 0.0417. The Labute approximate surface area is 134 Å². The van der Waals surface area contributed by atoms with Gasteiger partial charge in [0.2, 0.25) is 0 Å². The molecule has 2 rings (SSSR count). The van der Waals surface area contributed by atoms with Gasteiger partial charge in [0.1, 0.15) is 5.15 Å². The molecule has 1 N–H and O–H groups in total. The first-order chi connectivity index (χ1) is 10.0. The van der Waals surface area contributed by atoms with E-state index in [1.54, 1.807) is 24.3 Å². The van der Waals surface area contributed by atoms with Crippen LogP contribution >= 0.6 is 27.5 Å². The van der Waals surface area contributed by atoms with Crippen LogP contribution in [0.3, 0.4) is 0 Å². The van der Waals surface area contributed by atoms with E-state index in [1.165, 1.54) is 0 Å². The van der Waals surface area contributed by atoms with E-state index in [-0.39, 0.29) is 17.3 Å². The van der Waals surface area contributed by atoms with Gasteiger partial charge in [-0.05, 0) is 24.6 Å². The van der Waals surface area contributed by atoms with Crippen LogP contribution in [0.4, 0.5) is 0 Å². The van der Waals surface area contributed by atoms with Crippen LogP contribution in [0.2, 0.25) is 5.15 Å². The fourth-order valence-electron chi connectivity index (χ4n) is 1.91. The number of benzene rings is 1. The molecule has 1 aromatic carbocycles. The smallest absolute Gasteiger partial charge is 0.329 e. The molecular formula is C14H14BrClN2O3. The molecule has 0 atom stereocenters. The number of hydrogen-bond donors (Lipinski definition) is 1. The molecule has 0 amide bonds. The number of H-pyrrole nitrogens is 1. The number of hydrogen-bond acceptors (Lipinski definition) is 3. The van der Waals surface area contributed by atoms with Crippen molar-refractivity contribution in [3.63, 3.8) is 0 Å². The molecule has 0 fully saturated rings. The Morgan fingerprint density at radius 1 is 1.29 bits per heavy atom. The standard InChI is InChI=1S/C14H14BrClN2O3/c1-2-21-8-7-18-13(19)11(12(16)17-14(18)20)9-3-5-10(15)6-4-9/h3-6H,2,7-8H2,1H3,(H,17,20). The second kappa shape index (κ2) is 7.06. The summed E-state index contributed by atoms with van der Waals surface area (Å²) < 4.78 is 7.18. The number of rotatable bonds is 5. The summed E-state index contributed by atoms with van der Waals surface area (Å²) in [6.07, 6.45) is 0. The van der Waals surface area contributed by atoms with E-state index < -0.39 is 11.2 Å². The van der Waals surface area contributed by atoms with E-state index in [9.17, 15) is 9.59 Å². The summed E-state index contributed by atoms with van der Waals surface area (Å²) in [4.78, 5) is 26.8. The fourth-order valence-corrected chi connectivity index (χ4v) is 2.45. The molecule has 0 aliphatic heterocycles. The SMILES string of the molecule is CCOCCn1c(=O)[nH]c(Cl)c(-c2ccc(Br)cc2)c1=O. The first-order valence-corrected chi connectivity index (χ1v) is 7.58. The average molecular weight is 374 g/mol. The highest BCUT2D eigenvalue weighted by molar-refractivity contribution is 9.10. The van der Waals surface area contributed by atoms with Crippen molar-refractivity contribution in [3.8, 4) is 11.1 Å². The van der Waals surface area contributed by atoms with Crippen molar-refractivity contribution < 1.29 is 4.74 Å².